The van der Waals surface area contributed by atoms with E-state index in [1.165, 1.54) is 38.5 Å². The molecule has 1 heterocycles. The van der Waals surface area contributed by atoms with Gasteiger partial charge in [-0.05, 0) is 118 Å². The maximum Gasteiger partial charge on any atom is 0.231 e. The van der Waals surface area contributed by atoms with Crippen molar-refractivity contribution in [3.8, 4) is 11.5 Å². The Morgan fingerprint density at radius 2 is 1.74 bits per heavy atom. The molecule has 5 aliphatic rings. The van der Waals surface area contributed by atoms with E-state index in [1.807, 2.05) is 25.1 Å². The van der Waals surface area contributed by atoms with Gasteiger partial charge >= 0.3 is 0 Å². The van der Waals surface area contributed by atoms with Crippen LogP contribution in [0.5, 0.6) is 11.5 Å². The Morgan fingerprint density at radius 3 is 2.61 bits per heavy atom. The first-order valence-electron chi connectivity index (χ1n) is 12.5. The van der Waals surface area contributed by atoms with Crippen LogP contribution in [0.4, 0.5) is 0 Å². The van der Waals surface area contributed by atoms with Crippen molar-refractivity contribution in [2.45, 2.75) is 77.2 Å². The number of aliphatic hydroxyl groups is 1. The zero-order valence-corrected chi connectivity index (χ0v) is 18.9. The average Bonchev–Trinajstić information content (AvgIpc) is 3.35. The fourth-order valence-corrected chi connectivity index (χ4v) is 8.76. The molecule has 4 aliphatic carbocycles. The summed E-state index contributed by atoms with van der Waals surface area (Å²) in [5, 5.41) is 10.6. The van der Waals surface area contributed by atoms with E-state index < -0.39 is 5.60 Å². The lowest BCUT2D eigenvalue weighted by molar-refractivity contribution is -0.0976. The topological polar surface area (TPSA) is 55.8 Å². The molecule has 0 amide bonds. The van der Waals surface area contributed by atoms with Crippen molar-refractivity contribution in [2.24, 2.45) is 40.9 Å². The first kappa shape index (κ1) is 20.1. The third-order valence-corrected chi connectivity index (χ3v) is 10.2. The molecule has 4 saturated carbocycles. The van der Waals surface area contributed by atoms with Crippen molar-refractivity contribution >= 4 is 5.78 Å². The summed E-state index contributed by atoms with van der Waals surface area (Å²) in [7, 11) is 0. The van der Waals surface area contributed by atoms with Gasteiger partial charge in [-0.15, -0.1) is 0 Å². The van der Waals surface area contributed by atoms with Crippen LogP contribution in [0.15, 0.2) is 18.2 Å². The molecule has 8 atom stereocenters. The highest BCUT2D eigenvalue weighted by Gasteiger charge is 2.58. The molecule has 1 N–H and O–H groups in total. The molecule has 0 saturated heterocycles. The lowest BCUT2D eigenvalue weighted by Crippen LogP contribution is -2.51. The summed E-state index contributed by atoms with van der Waals surface area (Å²) in [5.74, 6) is 5.67. The summed E-state index contributed by atoms with van der Waals surface area (Å²) in [6, 6.07) is 5.71. The Morgan fingerprint density at radius 1 is 0.935 bits per heavy atom. The molecule has 1 aromatic carbocycles. The molecular formula is C27H36O4. The van der Waals surface area contributed by atoms with E-state index in [-0.39, 0.29) is 18.1 Å². The summed E-state index contributed by atoms with van der Waals surface area (Å²) in [6.07, 6.45) is 10.4. The van der Waals surface area contributed by atoms with E-state index in [4.69, 9.17) is 9.47 Å². The normalized spacial score (nSPS) is 45.5. The Bertz CT molecular complexity index is 891. The van der Waals surface area contributed by atoms with Crippen LogP contribution in [-0.2, 0) is 0 Å². The monoisotopic (exact) mass is 424 g/mol. The smallest absolute Gasteiger partial charge is 0.231 e. The number of benzene rings is 1. The Kier molecular flexibility index (Phi) is 4.52. The minimum atomic E-state index is -0.452. The SMILES string of the molecule is C[C@@]1(O)CC[C@H]2[C@@H](CC[C@@H]3[C@@H]2CC[C@]2(C)[C@@H](C(=O)c4ccc5c(c4)OCO5)CC[C@@H]32)C1. The molecule has 0 bridgehead atoms. The van der Waals surface area contributed by atoms with Gasteiger partial charge in [0, 0.05) is 11.5 Å². The lowest BCUT2D eigenvalue weighted by Gasteiger charge is -2.56. The summed E-state index contributed by atoms with van der Waals surface area (Å²) in [4.78, 5) is 13.6. The van der Waals surface area contributed by atoms with Gasteiger partial charge in [0.2, 0.25) is 6.79 Å². The van der Waals surface area contributed by atoms with Crippen LogP contribution in [-0.4, -0.2) is 23.3 Å². The van der Waals surface area contributed by atoms with Crippen molar-refractivity contribution in [1.82, 2.24) is 0 Å². The molecule has 31 heavy (non-hydrogen) atoms. The number of ether oxygens (including phenoxy) is 2. The van der Waals surface area contributed by atoms with Gasteiger partial charge in [0.25, 0.3) is 0 Å². The zero-order valence-electron chi connectivity index (χ0n) is 18.9. The van der Waals surface area contributed by atoms with Gasteiger partial charge in [0.1, 0.15) is 0 Å². The standard InChI is InChI=1S/C27H36O4/c1-26(29)11-9-18-17(14-26)3-5-20-19(18)10-12-27(2)21(20)6-7-22(27)25(28)16-4-8-23-24(13-16)31-15-30-23/h4,8,13,17-22,29H,3,5-7,9-12,14-15H2,1-2H3/t17-,18-,19+,20+,21-,22+,26+,27-/m0/s1. The second-order valence-corrected chi connectivity index (χ2v) is 11.8. The van der Waals surface area contributed by atoms with Gasteiger partial charge in [0.15, 0.2) is 17.3 Å². The van der Waals surface area contributed by atoms with Gasteiger partial charge in [-0.1, -0.05) is 6.92 Å². The highest BCUT2D eigenvalue weighted by molar-refractivity contribution is 5.99. The molecule has 0 radical (unpaired) electrons. The zero-order chi connectivity index (χ0) is 21.4. The van der Waals surface area contributed by atoms with Gasteiger partial charge in [-0.25, -0.2) is 0 Å². The number of rotatable bonds is 2. The molecule has 0 unspecified atom stereocenters. The maximum atomic E-state index is 13.6. The van der Waals surface area contributed by atoms with Crippen LogP contribution < -0.4 is 9.47 Å². The van der Waals surface area contributed by atoms with Crippen molar-refractivity contribution in [3.05, 3.63) is 23.8 Å². The molecule has 4 fully saturated rings. The molecule has 1 aliphatic heterocycles. The summed E-state index contributed by atoms with van der Waals surface area (Å²) < 4.78 is 11.0. The number of Topliss-reactive ketones (excluding diaryl/α,β-unsaturated/α-hetero) is 1. The second kappa shape index (κ2) is 6.97. The van der Waals surface area contributed by atoms with Crippen LogP contribution in [0.2, 0.25) is 0 Å². The van der Waals surface area contributed by atoms with E-state index in [0.717, 1.165) is 48.3 Å². The molecule has 0 spiro atoms. The fourth-order valence-electron chi connectivity index (χ4n) is 8.76. The van der Waals surface area contributed by atoms with Crippen molar-refractivity contribution < 1.29 is 19.4 Å². The minimum Gasteiger partial charge on any atom is -0.454 e. The average molecular weight is 425 g/mol. The van der Waals surface area contributed by atoms with Crippen LogP contribution in [0.3, 0.4) is 0 Å². The van der Waals surface area contributed by atoms with E-state index in [2.05, 4.69) is 6.92 Å². The van der Waals surface area contributed by atoms with Gasteiger partial charge < -0.3 is 14.6 Å². The maximum absolute atomic E-state index is 13.6. The van der Waals surface area contributed by atoms with E-state index in [9.17, 15) is 9.90 Å². The molecule has 4 nitrogen and oxygen atoms in total. The first-order valence-corrected chi connectivity index (χ1v) is 12.5. The van der Waals surface area contributed by atoms with Crippen LogP contribution in [0.25, 0.3) is 0 Å². The Balaban J connectivity index is 1.23. The molecule has 4 heteroatoms. The van der Waals surface area contributed by atoms with Crippen LogP contribution >= 0.6 is 0 Å². The number of ketones is 1. The molecule has 1 aromatic rings. The second-order valence-electron chi connectivity index (χ2n) is 11.8. The van der Waals surface area contributed by atoms with Gasteiger partial charge in [-0.2, -0.15) is 0 Å². The van der Waals surface area contributed by atoms with E-state index in [1.54, 1.807) is 0 Å². The van der Waals surface area contributed by atoms with Crippen LogP contribution in [0, 0.1) is 40.9 Å². The number of carbonyl (C=O) groups excluding carboxylic acids is 1. The molecule has 0 aromatic heterocycles. The Labute approximate surface area is 185 Å². The summed E-state index contributed by atoms with van der Waals surface area (Å²) in [5.41, 5.74) is 0.463. The molecule has 168 valence electrons. The molecule has 6 rings (SSSR count). The predicted molar refractivity (Wildman–Crippen MR) is 118 cm³/mol. The predicted octanol–water partition coefficient (Wildman–Crippen LogP) is 5.62. The quantitative estimate of drug-likeness (QED) is 0.626. The largest absolute Gasteiger partial charge is 0.454 e. The van der Waals surface area contributed by atoms with Gasteiger partial charge in [-0.3, -0.25) is 4.79 Å². The van der Waals surface area contributed by atoms with E-state index >= 15 is 0 Å². The first-order chi connectivity index (χ1) is 14.9. The lowest BCUT2D eigenvalue weighted by atomic mass is 9.49. The number of fused-ring (bicyclic) bond motifs is 6. The Hall–Kier alpha value is -1.55. The third-order valence-electron chi connectivity index (χ3n) is 10.2. The minimum absolute atomic E-state index is 0.127. The molecular weight excluding hydrogens is 388 g/mol. The number of hydrogen-bond donors (Lipinski definition) is 1. The number of hydrogen-bond acceptors (Lipinski definition) is 4. The van der Waals surface area contributed by atoms with Crippen molar-refractivity contribution in [3.63, 3.8) is 0 Å². The summed E-state index contributed by atoms with van der Waals surface area (Å²) in [6.45, 7) is 4.71. The highest BCUT2D eigenvalue weighted by Crippen LogP contribution is 2.65. The third kappa shape index (κ3) is 3.08. The van der Waals surface area contributed by atoms with Crippen molar-refractivity contribution in [2.75, 3.05) is 6.79 Å². The van der Waals surface area contributed by atoms with Crippen molar-refractivity contribution in [1.29, 1.82) is 0 Å². The summed E-state index contributed by atoms with van der Waals surface area (Å²) >= 11 is 0. The fraction of sp³-hybridized carbons (Fsp3) is 0.741. The van der Waals surface area contributed by atoms with Crippen LogP contribution in [0.1, 0.15) is 82.0 Å². The van der Waals surface area contributed by atoms with Gasteiger partial charge in [0.05, 0.1) is 5.60 Å². The highest BCUT2D eigenvalue weighted by atomic mass is 16.7. The van der Waals surface area contributed by atoms with E-state index in [0.29, 0.717) is 23.4 Å². The number of carbonyl (C=O) groups is 1.